The maximum Gasteiger partial charge on any atom is 0.231 e. The molecule has 0 spiro atoms. The highest BCUT2D eigenvalue weighted by molar-refractivity contribution is 5.42. The molecule has 7 nitrogen and oxygen atoms in total. The number of hydrogen-bond donors (Lipinski definition) is 1. The minimum Gasteiger partial charge on any atom is -0.368 e. The number of hydrogen-bond acceptors (Lipinski definition) is 7. The lowest BCUT2D eigenvalue weighted by Gasteiger charge is -2.19. The van der Waals surface area contributed by atoms with E-state index in [0.717, 1.165) is 18.7 Å². The molecule has 2 aromatic heterocycles. The summed E-state index contributed by atoms with van der Waals surface area (Å²) in [6.07, 6.45) is 2.61. The lowest BCUT2D eigenvalue weighted by atomic mass is 10.2. The molecule has 0 aromatic carbocycles. The van der Waals surface area contributed by atoms with Crippen LogP contribution in [0.5, 0.6) is 0 Å². The molecule has 0 bridgehead atoms. The predicted molar refractivity (Wildman–Crippen MR) is 79.8 cm³/mol. The largest absolute Gasteiger partial charge is 0.368 e. The molecule has 0 amide bonds. The lowest BCUT2D eigenvalue weighted by Crippen LogP contribution is -2.25. The molecule has 0 fully saturated rings. The van der Waals surface area contributed by atoms with E-state index in [0.29, 0.717) is 11.9 Å². The normalized spacial score (nSPS) is 10.3. The first-order chi connectivity index (χ1) is 9.56. The third-order valence-corrected chi connectivity index (χ3v) is 2.80. The van der Waals surface area contributed by atoms with Gasteiger partial charge in [0.2, 0.25) is 17.8 Å². The molecule has 0 aliphatic carbocycles. The van der Waals surface area contributed by atoms with Crippen molar-refractivity contribution in [3.05, 3.63) is 30.1 Å². The fraction of sp³-hybridized carbons (Fsp3) is 0.385. The van der Waals surface area contributed by atoms with Gasteiger partial charge in [-0.2, -0.15) is 15.0 Å². The Labute approximate surface area is 118 Å². The Morgan fingerprint density at radius 2 is 1.80 bits per heavy atom. The number of anilines is 3. The van der Waals surface area contributed by atoms with Gasteiger partial charge in [0, 0.05) is 46.0 Å². The molecule has 0 atom stereocenters. The molecule has 106 valence electrons. The summed E-state index contributed by atoms with van der Waals surface area (Å²) in [6, 6.07) is 5.89. The van der Waals surface area contributed by atoms with Gasteiger partial charge in [-0.25, -0.2) is 0 Å². The smallest absolute Gasteiger partial charge is 0.231 e. The molecule has 20 heavy (non-hydrogen) atoms. The molecule has 2 heterocycles. The Kier molecular flexibility index (Phi) is 4.29. The molecule has 0 aliphatic rings. The number of nitrogens with zero attached hydrogens (tertiary/aromatic N) is 6. The minimum atomic E-state index is 0.225. The maximum atomic E-state index is 5.71. The number of aromatic nitrogens is 4. The van der Waals surface area contributed by atoms with Crippen molar-refractivity contribution < 1.29 is 0 Å². The molecule has 0 saturated heterocycles. The highest BCUT2D eigenvalue weighted by Gasteiger charge is 2.10. The van der Waals surface area contributed by atoms with E-state index in [1.54, 1.807) is 11.1 Å². The standard InChI is InChI=1S/C13H19N7/c1-19(2)12-16-11(14)17-13(18-12)20(3)9-7-10-6-4-5-8-15-10/h4-6,8H,7,9H2,1-3H3,(H2,14,16,17,18). The minimum absolute atomic E-state index is 0.225. The van der Waals surface area contributed by atoms with Crippen molar-refractivity contribution in [1.29, 1.82) is 0 Å². The molecule has 2 aromatic rings. The van der Waals surface area contributed by atoms with Crippen LogP contribution < -0.4 is 15.5 Å². The van der Waals surface area contributed by atoms with Gasteiger partial charge in [0.15, 0.2) is 0 Å². The van der Waals surface area contributed by atoms with Crippen LogP contribution in [0, 0.1) is 0 Å². The second kappa shape index (κ2) is 6.14. The van der Waals surface area contributed by atoms with Gasteiger partial charge in [-0.1, -0.05) is 6.07 Å². The van der Waals surface area contributed by atoms with Crippen molar-refractivity contribution in [2.24, 2.45) is 0 Å². The molecule has 0 saturated carbocycles. The molecule has 7 heteroatoms. The first kappa shape index (κ1) is 14.0. The molecule has 2 rings (SSSR count). The summed E-state index contributed by atoms with van der Waals surface area (Å²) in [5, 5.41) is 0. The van der Waals surface area contributed by atoms with E-state index < -0.39 is 0 Å². The Bertz CT molecular complexity index is 556. The monoisotopic (exact) mass is 273 g/mol. The van der Waals surface area contributed by atoms with Crippen molar-refractivity contribution in [2.75, 3.05) is 43.2 Å². The zero-order valence-electron chi connectivity index (χ0n) is 12.0. The Morgan fingerprint density at radius 3 is 2.45 bits per heavy atom. The third kappa shape index (κ3) is 3.53. The van der Waals surface area contributed by atoms with Gasteiger partial charge >= 0.3 is 0 Å². The van der Waals surface area contributed by atoms with Gasteiger partial charge in [0.1, 0.15) is 0 Å². The number of nitrogen functional groups attached to an aromatic ring is 1. The fourth-order valence-corrected chi connectivity index (χ4v) is 1.67. The van der Waals surface area contributed by atoms with E-state index in [1.807, 2.05) is 44.2 Å². The van der Waals surface area contributed by atoms with Crippen molar-refractivity contribution in [2.45, 2.75) is 6.42 Å². The first-order valence-electron chi connectivity index (χ1n) is 6.36. The van der Waals surface area contributed by atoms with Crippen molar-refractivity contribution >= 4 is 17.8 Å². The summed E-state index contributed by atoms with van der Waals surface area (Å²) in [5.41, 5.74) is 6.75. The number of nitrogens with two attached hydrogens (primary N) is 1. The lowest BCUT2D eigenvalue weighted by molar-refractivity contribution is 0.811. The van der Waals surface area contributed by atoms with Crippen LogP contribution in [-0.2, 0) is 6.42 Å². The zero-order valence-corrected chi connectivity index (χ0v) is 12.0. The molecular formula is C13H19N7. The second-order valence-corrected chi connectivity index (χ2v) is 4.68. The summed E-state index contributed by atoms with van der Waals surface area (Å²) < 4.78 is 0. The van der Waals surface area contributed by atoms with Crippen LogP contribution >= 0.6 is 0 Å². The van der Waals surface area contributed by atoms with Gasteiger partial charge < -0.3 is 15.5 Å². The van der Waals surface area contributed by atoms with Crippen LogP contribution in [0.25, 0.3) is 0 Å². The molecule has 2 N–H and O–H groups in total. The van der Waals surface area contributed by atoms with E-state index >= 15 is 0 Å². The van der Waals surface area contributed by atoms with Gasteiger partial charge in [-0.15, -0.1) is 0 Å². The van der Waals surface area contributed by atoms with Gasteiger partial charge in [0.05, 0.1) is 0 Å². The Hall–Kier alpha value is -2.44. The number of rotatable bonds is 5. The van der Waals surface area contributed by atoms with E-state index in [-0.39, 0.29) is 5.95 Å². The van der Waals surface area contributed by atoms with Crippen LogP contribution in [0.15, 0.2) is 24.4 Å². The fourth-order valence-electron chi connectivity index (χ4n) is 1.67. The van der Waals surface area contributed by atoms with E-state index in [1.165, 1.54) is 0 Å². The average Bonchev–Trinajstić information content (AvgIpc) is 2.45. The van der Waals surface area contributed by atoms with Crippen molar-refractivity contribution in [3.8, 4) is 0 Å². The molecule has 0 radical (unpaired) electrons. The quantitative estimate of drug-likeness (QED) is 0.853. The van der Waals surface area contributed by atoms with Crippen LogP contribution in [-0.4, -0.2) is 47.6 Å². The highest BCUT2D eigenvalue weighted by Crippen LogP contribution is 2.12. The molecule has 0 aliphatic heterocycles. The van der Waals surface area contributed by atoms with Crippen LogP contribution in [0.2, 0.25) is 0 Å². The second-order valence-electron chi connectivity index (χ2n) is 4.68. The van der Waals surface area contributed by atoms with E-state index in [9.17, 15) is 0 Å². The summed E-state index contributed by atoms with van der Waals surface area (Å²) in [7, 11) is 5.66. The van der Waals surface area contributed by atoms with Crippen molar-refractivity contribution in [3.63, 3.8) is 0 Å². The van der Waals surface area contributed by atoms with E-state index in [2.05, 4.69) is 19.9 Å². The zero-order chi connectivity index (χ0) is 14.5. The predicted octanol–water partition coefficient (Wildman–Crippen LogP) is 0.594. The summed E-state index contributed by atoms with van der Waals surface area (Å²) in [5.74, 6) is 1.35. The van der Waals surface area contributed by atoms with Gasteiger partial charge in [0.25, 0.3) is 0 Å². The topological polar surface area (TPSA) is 84.1 Å². The van der Waals surface area contributed by atoms with Crippen LogP contribution in [0.4, 0.5) is 17.8 Å². The van der Waals surface area contributed by atoms with Crippen molar-refractivity contribution in [1.82, 2.24) is 19.9 Å². The summed E-state index contributed by atoms with van der Waals surface area (Å²) >= 11 is 0. The highest BCUT2D eigenvalue weighted by atomic mass is 15.3. The SMILES string of the molecule is CN(C)c1nc(N)nc(N(C)CCc2ccccn2)n1. The van der Waals surface area contributed by atoms with Gasteiger partial charge in [-0.05, 0) is 12.1 Å². The molecule has 0 unspecified atom stereocenters. The maximum absolute atomic E-state index is 5.71. The Balaban J connectivity index is 2.07. The number of pyridine rings is 1. The molecular weight excluding hydrogens is 254 g/mol. The van der Waals surface area contributed by atoms with E-state index in [4.69, 9.17) is 5.73 Å². The summed E-state index contributed by atoms with van der Waals surface area (Å²) in [6.45, 7) is 0.757. The first-order valence-corrected chi connectivity index (χ1v) is 6.36. The summed E-state index contributed by atoms with van der Waals surface area (Å²) in [4.78, 5) is 20.7. The van der Waals surface area contributed by atoms with Gasteiger partial charge in [-0.3, -0.25) is 4.98 Å². The Morgan fingerprint density at radius 1 is 1.05 bits per heavy atom. The average molecular weight is 273 g/mol. The third-order valence-electron chi connectivity index (χ3n) is 2.80. The number of likely N-dealkylation sites (N-methyl/N-ethyl adjacent to an activating group) is 1. The van der Waals surface area contributed by atoms with Crippen LogP contribution in [0.3, 0.4) is 0 Å². The van der Waals surface area contributed by atoms with Crippen LogP contribution in [0.1, 0.15) is 5.69 Å².